The van der Waals surface area contributed by atoms with Crippen molar-refractivity contribution in [2.75, 3.05) is 20.1 Å². The molecular weight excluding hydrogens is 302 g/mol. The molecule has 2 aromatic rings. The van der Waals surface area contributed by atoms with Crippen molar-refractivity contribution >= 4 is 18.9 Å². The first kappa shape index (κ1) is 16.4. The summed E-state index contributed by atoms with van der Waals surface area (Å²) >= 11 is 0. The molecule has 2 atom stereocenters. The first-order chi connectivity index (χ1) is 11.1. The molecule has 0 amide bonds. The van der Waals surface area contributed by atoms with Gasteiger partial charge in [-0.1, -0.05) is 60.7 Å². The van der Waals surface area contributed by atoms with Gasteiger partial charge in [0.1, 0.15) is 0 Å². The Morgan fingerprint density at radius 3 is 1.57 bits per heavy atom. The van der Waals surface area contributed by atoms with E-state index in [4.69, 9.17) is 8.85 Å². The Balaban J connectivity index is 2.11. The van der Waals surface area contributed by atoms with Crippen molar-refractivity contribution in [3.05, 3.63) is 60.7 Å². The molecule has 4 heteroatoms. The van der Waals surface area contributed by atoms with E-state index in [1.807, 2.05) is 12.1 Å². The van der Waals surface area contributed by atoms with E-state index >= 15 is 0 Å². The third kappa shape index (κ3) is 3.56. The molecule has 0 spiro atoms. The maximum atomic E-state index is 6.67. The summed E-state index contributed by atoms with van der Waals surface area (Å²) in [6.07, 6.45) is 0.249. The highest BCUT2D eigenvalue weighted by atomic mass is 28.4. The minimum absolute atomic E-state index is 0.125. The second-order valence-electron chi connectivity index (χ2n) is 6.43. The zero-order valence-corrected chi connectivity index (χ0v) is 15.1. The summed E-state index contributed by atoms with van der Waals surface area (Å²) < 4.78 is 13.3. The molecule has 1 aliphatic heterocycles. The van der Waals surface area contributed by atoms with Crippen molar-refractivity contribution in [1.82, 2.24) is 4.90 Å². The van der Waals surface area contributed by atoms with E-state index in [0.717, 1.165) is 13.1 Å². The van der Waals surface area contributed by atoms with Gasteiger partial charge in [-0.2, -0.15) is 0 Å². The van der Waals surface area contributed by atoms with Gasteiger partial charge in [0, 0.05) is 13.1 Å². The molecule has 23 heavy (non-hydrogen) atoms. The molecule has 0 N–H and O–H groups in total. The molecule has 0 radical (unpaired) electrons. The second kappa shape index (κ2) is 6.97. The molecule has 3 nitrogen and oxygen atoms in total. The SMILES string of the molecule is C[C@@H]1CN(C)C[C@H](C)O[Si](c2ccccc2)(c2ccccc2)O1. The summed E-state index contributed by atoms with van der Waals surface area (Å²) in [5, 5.41) is 2.35. The summed E-state index contributed by atoms with van der Waals surface area (Å²) in [6, 6.07) is 20.9. The molecule has 0 aromatic heterocycles. The van der Waals surface area contributed by atoms with Crippen LogP contribution in [0.4, 0.5) is 0 Å². The quantitative estimate of drug-likeness (QED) is 0.788. The van der Waals surface area contributed by atoms with Gasteiger partial charge >= 0.3 is 8.56 Å². The molecule has 3 rings (SSSR count). The fourth-order valence-electron chi connectivity index (χ4n) is 3.38. The lowest BCUT2D eigenvalue weighted by atomic mass is 10.3. The predicted molar refractivity (Wildman–Crippen MR) is 96.5 cm³/mol. The predicted octanol–water partition coefficient (Wildman–Crippen LogP) is 2.00. The van der Waals surface area contributed by atoms with Crippen LogP contribution in [0.15, 0.2) is 60.7 Å². The minimum atomic E-state index is -2.70. The maximum Gasteiger partial charge on any atom is 0.407 e. The molecule has 1 saturated heterocycles. The number of likely N-dealkylation sites (N-methyl/N-ethyl adjacent to an activating group) is 1. The van der Waals surface area contributed by atoms with E-state index in [1.165, 1.54) is 10.4 Å². The highest BCUT2D eigenvalue weighted by molar-refractivity contribution is 6.92. The molecule has 2 aromatic carbocycles. The lowest BCUT2D eigenvalue weighted by Crippen LogP contribution is -2.67. The third-order valence-electron chi connectivity index (χ3n) is 4.18. The largest absolute Gasteiger partial charge is 0.407 e. The third-order valence-corrected chi connectivity index (χ3v) is 7.83. The Hall–Kier alpha value is -1.46. The summed E-state index contributed by atoms with van der Waals surface area (Å²) in [6.45, 7) is 6.12. The van der Waals surface area contributed by atoms with E-state index in [9.17, 15) is 0 Å². The Morgan fingerprint density at radius 2 is 1.17 bits per heavy atom. The molecule has 1 heterocycles. The van der Waals surface area contributed by atoms with Crippen LogP contribution in [-0.4, -0.2) is 45.8 Å². The average molecular weight is 328 g/mol. The fourth-order valence-corrected chi connectivity index (χ4v) is 6.85. The first-order valence-electron chi connectivity index (χ1n) is 8.25. The lowest BCUT2D eigenvalue weighted by molar-refractivity contribution is 0.0419. The molecule has 0 unspecified atom stereocenters. The zero-order chi connectivity index (χ0) is 16.3. The maximum absolute atomic E-state index is 6.67. The summed E-state index contributed by atoms with van der Waals surface area (Å²) in [7, 11) is -0.576. The van der Waals surface area contributed by atoms with Gasteiger partial charge in [-0.3, -0.25) is 0 Å². The standard InChI is InChI=1S/C19H25NO2Si/c1-16-14-20(3)15-17(2)22-23(21-16,18-10-6-4-7-11-18)19-12-8-5-9-13-19/h4-13,16-17H,14-15H2,1-3H3/t16-,17+. The molecule has 0 saturated carbocycles. The van der Waals surface area contributed by atoms with Gasteiger partial charge in [-0.05, 0) is 31.3 Å². The minimum Gasteiger partial charge on any atom is -0.384 e. The summed E-state index contributed by atoms with van der Waals surface area (Å²) in [5.41, 5.74) is 0. The van der Waals surface area contributed by atoms with Gasteiger partial charge < -0.3 is 13.8 Å². The van der Waals surface area contributed by atoms with Crippen molar-refractivity contribution in [2.45, 2.75) is 26.1 Å². The fraction of sp³-hybridized carbons (Fsp3) is 0.368. The molecule has 0 bridgehead atoms. The number of benzene rings is 2. The number of rotatable bonds is 2. The Bertz CT molecular complexity index is 564. The molecule has 1 aliphatic rings. The average Bonchev–Trinajstić information content (AvgIpc) is 2.54. The van der Waals surface area contributed by atoms with E-state index in [1.54, 1.807) is 0 Å². The van der Waals surface area contributed by atoms with Gasteiger partial charge in [0.25, 0.3) is 0 Å². The number of nitrogens with zero attached hydrogens (tertiary/aromatic N) is 1. The van der Waals surface area contributed by atoms with Crippen LogP contribution < -0.4 is 10.4 Å². The van der Waals surface area contributed by atoms with Crippen molar-refractivity contribution in [3.8, 4) is 0 Å². The number of hydrogen-bond donors (Lipinski definition) is 0. The monoisotopic (exact) mass is 327 g/mol. The highest BCUT2D eigenvalue weighted by Crippen LogP contribution is 2.18. The van der Waals surface area contributed by atoms with Crippen LogP contribution in [0.3, 0.4) is 0 Å². The van der Waals surface area contributed by atoms with Gasteiger partial charge in [0.05, 0.1) is 12.2 Å². The molecule has 122 valence electrons. The van der Waals surface area contributed by atoms with Gasteiger partial charge in [0.2, 0.25) is 0 Å². The second-order valence-corrected chi connectivity index (χ2v) is 9.29. The first-order valence-corrected chi connectivity index (χ1v) is 10.1. The van der Waals surface area contributed by atoms with E-state index in [-0.39, 0.29) is 12.2 Å². The van der Waals surface area contributed by atoms with E-state index in [0.29, 0.717) is 0 Å². The van der Waals surface area contributed by atoms with Crippen LogP contribution in [0.1, 0.15) is 13.8 Å². The van der Waals surface area contributed by atoms with Crippen LogP contribution in [0, 0.1) is 0 Å². The smallest absolute Gasteiger partial charge is 0.384 e. The Kier molecular flexibility index (Phi) is 4.97. The Labute approximate surface area is 140 Å². The normalized spacial score (nSPS) is 25.5. The topological polar surface area (TPSA) is 21.7 Å². The Morgan fingerprint density at radius 1 is 0.783 bits per heavy atom. The van der Waals surface area contributed by atoms with Gasteiger partial charge in [0.15, 0.2) is 0 Å². The molecule has 1 fully saturated rings. The van der Waals surface area contributed by atoms with Crippen LogP contribution in [-0.2, 0) is 8.85 Å². The summed E-state index contributed by atoms with van der Waals surface area (Å²) in [4.78, 5) is 2.28. The van der Waals surface area contributed by atoms with Gasteiger partial charge in [-0.25, -0.2) is 0 Å². The molecular formula is C19H25NO2Si. The van der Waals surface area contributed by atoms with Crippen molar-refractivity contribution in [1.29, 1.82) is 0 Å². The summed E-state index contributed by atoms with van der Waals surface area (Å²) in [5.74, 6) is 0. The van der Waals surface area contributed by atoms with Crippen LogP contribution in [0.5, 0.6) is 0 Å². The van der Waals surface area contributed by atoms with E-state index in [2.05, 4.69) is 74.3 Å². The van der Waals surface area contributed by atoms with Crippen molar-refractivity contribution in [3.63, 3.8) is 0 Å². The van der Waals surface area contributed by atoms with Gasteiger partial charge in [-0.15, -0.1) is 0 Å². The van der Waals surface area contributed by atoms with Crippen LogP contribution in [0.2, 0.25) is 0 Å². The van der Waals surface area contributed by atoms with Crippen molar-refractivity contribution < 1.29 is 8.85 Å². The zero-order valence-electron chi connectivity index (χ0n) is 14.1. The van der Waals surface area contributed by atoms with E-state index < -0.39 is 8.56 Å². The number of hydrogen-bond acceptors (Lipinski definition) is 3. The van der Waals surface area contributed by atoms with Crippen LogP contribution >= 0.6 is 0 Å². The van der Waals surface area contributed by atoms with Crippen LogP contribution in [0.25, 0.3) is 0 Å². The molecule has 0 aliphatic carbocycles. The van der Waals surface area contributed by atoms with Crippen molar-refractivity contribution in [2.24, 2.45) is 0 Å². The lowest BCUT2D eigenvalue weighted by Gasteiger charge is -2.40. The highest BCUT2D eigenvalue weighted by Gasteiger charge is 2.46.